The molecule has 0 radical (unpaired) electrons. The number of amides is 1. The predicted molar refractivity (Wildman–Crippen MR) is 113 cm³/mol. The van der Waals surface area contributed by atoms with E-state index in [2.05, 4.69) is 4.98 Å². The maximum atomic E-state index is 13.1. The van der Waals surface area contributed by atoms with Crippen LogP contribution in [0.2, 0.25) is 0 Å². The second kappa shape index (κ2) is 9.67. The molecule has 0 saturated carbocycles. The largest absolute Gasteiger partial charge is 0.493 e. The first-order valence-electron chi connectivity index (χ1n) is 9.80. The molecule has 1 fully saturated rings. The summed E-state index contributed by atoms with van der Waals surface area (Å²) in [6.45, 7) is 3.21. The fraction of sp³-hybridized carbons (Fsp3) is 0.304. The molecule has 0 bridgehead atoms. The van der Waals surface area contributed by atoms with E-state index in [0.29, 0.717) is 25.6 Å². The summed E-state index contributed by atoms with van der Waals surface area (Å²) in [5.41, 5.74) is 1.90. The summed E-state index contributed by atoms with van der Waals surface area (Å²) >= 11 is 1.46. The fourth-order valence-electron chi connectivity index (χ4n) is 3.33. The molecule has 1 amide bonds. The van der Waals surface area contributed by atoms with Gasteiger partial charge in [-0.3, -0.25) is 9.78 Å². The molecule has 1 saturated heterocycles. The quantitative estimate of drug-likeness (QED) is 0.554. The Bertz CT molecular complexity index is 909. The van der Waals surface area contributed by atoms with Crippen molar-refractivity contribution < 1.29 is 14.3 Å². The smallest absolute Gasteiger partial charge is 0.264 e. The standard InChI is InChI=1S/C23H24N2O3S/c26-23(22-8-4-12-29-22)25(15-20-6-1-2-10-24-20)14-18-5-3-7-21(13-18)28-17-19-9-11-27-16-19/h1-8,10,12-13,19H,9,11,14-17H2/t19-/m0/s1. The van der Waals surface area contributed by atoms with Crippen molar-refractivity contribution in [1.82, 2.24) is 9.88 Å². The number of rotatable bonds is 8. The Morgan fingerprint density at radius 2 is 2.14 bits per heavy atom. The van der Waals surface area contributed by atoms with Crippen LogP contribution in [-0.2, 0) is 17.8 Å². The zero-order valence-corrected chi connectivity index (χ0v) is 17.0. The van der Waals surface area contributed by atoms with Crippen LogP contribution in [0.15, 0.2) is 66.2 Å². The lowest BCUT2D eigenvalue weighted by Crippen LogP contribution is -2.30. The van der Waals surface area contributed by atoms with E-state index in [4.69, 9.17) is 9.47 Å². The molecule has 3 aromatic rings. The van der Waals surface area contributed by atoms with Crippen molar-refractivity contribution in [2.45, 2.75) is 19.5 Å². The molecule has 29 heavy (non-hydrogen) atoms. The second-order valence-corrected chi connectivity index (χ2v) is 8.10. The third-order valence-electron chi connectivity index (χ3n) is 4.88. The van der Waals surface area contributed by atoms with Gasteiger partial charge in [0.15, 0.2) is 0 Å². The van der Waals surface area contributed by atoms with Gasteiger partial charge in [0.25, 0.3) is 5.91 Å². The minimum absolute atomic E-state index is 0.0140. The molecule has 1 aromatic carbocycles. The maximum absolute atomic E-state index is 13.1. The normalized spacial score (nSPS) is 15.9. The van der Waals surface area contributed by atoms with Gasteiger partial charge in [-0.2, -0.15) is 0 Å². The van der Waals surface area contributed by atoms with Gasteiger partial charge in [0.1, 0.15) is 5.75 Å². The lowest BCUT2D eigenvalue weighted by molar-refractivity contribution is 0.0732. The van der Waals surface area contributed by atoms with Gasteiger partial charge in [-0.1, -0.05) is 24.3 Å². The number of carbonyl (C=O) groups is 1. The van der Waals surface area contributed by atoms with Crippen LogP contribution in [0.4, 0.5) is 0 Å². The molecule has 0 spiro atoms. The third-order valence-corrected chi connectivity index (χ3v) is 5.74. The van der Waals surface area contributed by atoms with Crippen molar-refractivity contribution >= 4 is 17.2 Å². The Morgan fingerprint density at radius 1 is 1.17 bits per heavy atom. The number of benzene rings is 1. The molecule has 0 aliphatic carbocycles. The number of pyridine rings is 1. The van der Waals surface area contributed by atoms with Crippen molar-refractivity contribution in [3.8, 4) is 5.75 Å². The molecule has 2 aromatic heterocycles. The maximum Gasteiger partial charge on any atom is 0.264 e. The van der Waals surface area contributed by atoms with E-state index >= 15 is 0 Å². The molecule has 4 rings (SSSR count). The van der Waals surface area contributed by atoms with E-state index in [1.165, 1.54) is 11.3 Å². The summed E-state index contributed by atoms with van der Waals surface area (Å²) in [5.74, 6) is 1.30. The number of hydrogen-bond donors (Lipinski definition) is 0. The van der Waals surface area contributed by atoms with Crippen molar-refractivity contribution in [3.63, 3.8) is 0 Å². The zero-order valence-electron chi connectivity index (χ0n) is 16.2. The molecule has 1 atom stereocenters. The minimum Gasteiger partial charge on any atom is -0.493 e. The summed E-state index contributed by atoms with van der Waals surface area (Å²) in [7, 11) is 0. The second-order valence-electron chi connectivity index (χ2n) is 7.15. The zero-order chi connectivity index (χ0) is 19.9. The van der Waals surface area contributed by atoms with E-state index in [1.54, 1.807) is 6.20 Å². The number of hydrogen-bond acceptors (Lipinski definition) is 5. The minimum atomic E-state index is 0.0140. The van der Waals surface area contributed by atoms with Crippen LogP contribution in [0.3, 0.4) is 0 Å². The van der Waals surface area contributed by atoms with Gasteiger partial charge in [0.05, 0.1) is 30.3 Å². The summed E-state index contributed by atoms with van der Waals surface area (Å²) in [5, 5.41) is 1.92. The highest BCUT2D eigenvalue weighted by molar-refractivity contribution is 7.12. The van der Waals surface area contributed by atoms with Crippen LogP contribution in [-0.4, -0.2) is 35.6 Å². The van der Waals surface area contributed by atoms with Crippen molar-refractivity contribution in [2.75, 3.05) is 19.8 Å². The van der Waals surface area contributed by atoms with Crippen LogP contribution >= 0.6 is 11.3 Å². The molecule has 6 heteroatoms. The Labute approximate surface area is 174 Å². The van der Waals surface area contributed by atoms with E-state index < -0.39 is 0 Å². The molecular weight excluding hydrogens is 384 g/mol. The average Bonchev–Trinajstić information content (AvgIpc) is 3.47. The number of ether oxygens (including phenoxy) is 2. The van der Waals surface area contributed by atoms with E-state index in [9.17, 15) is 4.79 Å². The van der Waals surface area contributed by atoms with Gasteiger partial charge in [0, 0.05) is 25.3 Å². The van der Waals surface area contributed by atoms with Gasteiger partial charge >= 0.3 is 0 Å². The third kappa shape index (κ3) is 5.43. The molecule has 150 valence electrons. The van der Waals surface area contributed by atoms with Gasteiger partial charge in [0.2, 0.25) is 0 Å². The fourth-order valence-corrected chi connectivity index (χ4v) is 4.02. The first kappa shape index (κ1) is 19.6. The van der Waals surface area contributed by atoms with Gasteiger partial charge in [-0.05, 0) is 47.7 Å². The van der Waals surface area contributed by atoms with E-state index in [1.807, 2.05) is 64.9 Å². The van der Waals surface area contributed by atoms with Crippen LogP contribution in [0.5, 0.6) is 5.75 Å². The number of carbonyl (C=O) groups excluding carboxylic acids is 1. The molecular formula is C23H24N2O3S. The Morgan fingerprint density at radius 3 is 2.90 bits per heavy atom. The van der Waals surface area contributed by atoms with Gasteiger partial charge in [-0.25, -0.2) is 0 Å². The molecule has 5 nitrogen and oxygen atoms in total. The summed E-state index contributed by atoms with van der Waals surface area (Å²) in [6.07, 6.45) is 2.80. The van der Waals surface area contributed by atoms with Crippen LogP contribution in [0.25, 0.3) is 0 Å². The number of aromatic nitrogens is 1. The molecule has 0 unspecified atom stereocenters. The van der Waals surface area contributed by atoms with Crippen molar-refractivity contribution in [2.24, 2.45) is 5.92 Å². The predicted octanol–water partition coefficient (Wildman–Crippen LogP) is 4.40. The van der Waals surface area contributed by atoms with Gasteiger partial charge < -0.3 is 14.4 Å². The monoisotopic (exact) mass is 408 g/mol. The molecule has 0 N–H and O–H groups in total. The Balaban J connectivity index is 1.47. The SMILES string of the molecule is O=C(c1cccs1)N(Cc1cccc(OC[C@H]2CCOC2)c1)Cc1ccccn1. The van der Waals surface area contributed by atoms with Crippen molar-refractivity contribution in [1.29, 1.82) is 0 Å². The molecule has 3 heterocycles. The lowest BCUT2D eigenvalue weighted by atomic mass is 10.1. The van der Waals surface area contributed by atoms with E-state index in [0.717, 1.165) is 41.5 Å². The number of nitrogens with zero attached hydrogens (tertiary/aromatic N) is 2. The highest BCUT2D eigenvalue weighted by Gasteiger charge is 2.19. The van der Waals surface area contributed by atoms with Gasteiger partial charge in [-0.15, -0.1) is 11.3 Å². The first-order chi connectivity index (χ1) is 14.3. The summed E-state index contributed by atoms with van der Waals surface area (Å²) < 4.78 is 11.4. The Hall–Kier alpha value is -2.70. The van der Waals surface area contributed by atoms with Crippen LogP contribution in [0.1, 0.15) is 27.3 Å². The summed E-state index contributed by atoms with van der Waals surface area (Å²) in [4.78, 5) is 20.0. The topological polar surface area (TPSA) is 51.7 Å². The Kier molecular flexibility index (Phi) is 6.54. The van der Waals surface area contributed by atoms with Crippen LogP contribution < -0.4 is 4.74 Å². The first-order valence-corrected chi connectivity index (χ1v) is 10.7. The van der Waals surface area contributed by atoms with Crippen molar-refractivity contribution in [3.05, 3.63) is 82.3 Å². The average molecular weight is 409 g/mol. The van der Waals surface area contributed by atoms with E-state index in [-0.39, 0.29) is 5.91 Å². The molecule has 1 aliphatic rings. The highest BCUT2D eigenvalue weighted by Crippen LogP contribution is 2.21. The lowest BCUT2D eigenvalue weighted by Gasteiger charge is -2.22. The highest BCUT2D eigenvalue weighted by atomic mass is 32.1. The summed E-state index contributed by atoms with van der Waals surface area (Å²) in [6, 6.07) is 17.5. The number of thiophene rings is 1. The molecule has 1 aliphatic heterocycles. The van der Waals surface area contributed by atoms with Crippen LogP contribution in [0, 0.1) is 5.92 Å².